The molecule has 1 aliphatic carbocycles. The van der Waals surface area contributed by atoms with Crippen molar-refractivity contribution in [1.82, 2.24) is 4.98 Å². The van der Waals surface area contributed by atoms with Gasteiger partial charge in [-0.25, -0.2) is 4.98 Å². The molecule has 0 aromatic heterocycles. The van der Waals surface area contributed by atoms with E-state index in [0.717, 1.165) is 11.3 Å². The van der Waals surface area contributed by atoms with Gasteiger partial charge in [-0.2, -0.15) is 0 Å². The summed E-state index contributed by atoms with van der Waals surface area (Å²) >= 11 is 0. The summed E-state index contributed by atoms with van der Waals surface area (Å²) in [5.74, 6) is 0.677. The van der Waals surface area contributed by atoms with E-state index in [9.17, 15) is 0 Å². The van der Waals surface area contributed by atoms with Crippen LogP contribution in [0.15, 0.2) is 36.4 Å². The van der Waals surface area contributed by atoms with Gasteiger partial charge in [-0.05, 0) is 6.07 Å². The Morgan fingerprint density at radius 3 is 2.83 bits per heavy atom. The summed E-state index contributed by atoms with van der Waals surface area (Å²) in [4.78, 5) is 4.25. The van der Waals surface area contributed by atoms with E-state index in [-0.39, 0.29) is 0 Å². The van der Waals surface area contributed by atoms with Crippen LogP contribution in [0.3, 0.4) is 0 Å². The lowest BCUT2D eigenvalue weighted by Gasteiger charge is -1.86. The molecule has 0 radical (unpaired) electrons. The first-order chi connectivity index (χ1) is 5.90. The van der Waals surface area contributed by atoms with Crippen LogP contribution in [0.1, 0.15) is 0 Å². The van der Waals surface area contributed by atoms with Crippen molar-refractivity contribution < 1.29 is 4.74 Å². The SMILES string of the molecule is COc1cc2cccccc-2n1. The van der Waals surface area contributed by atoms with Crippen LogP contribution < -0.4 is 4.74 Å². The summed E-state index contributed by atoms with van der Waals surface area (Å²) in [6.45, 7) is 0. The molecule has 1 heterocycles. The van der Waals surface area contributed by atoms with Crippen molar-refractivity contribution in [3.63, 3.8) is 0 Å². The molecule has 12 heavy (non-hydrogen) atoms. The van der Waals surface area contributed by atoms with E-state index < -0.39 is 0 Å². The maximum atomic E-state index is 5.02. The van der Waals surface area contributed by atoms with Crippen molar-refractivity contribution in [2.45, 2.75) is 0 Å². The van der Waals surface area contributed by atoms with Crippen LogP contribution in [0.4, 0.5) is 0 Å². The minimum absolute atomic E-state index is 0.677. The van der Waals surface area contributed by atoms with Crippen molar-refractivity contribution >= 4 is 0 Å². The van der Waals surface area contributed by atoms with Crippen molar-refractivity contribution in [2.75, 3.05) is 7.11 Å². The first-order valence-corrected chi connectivity index (χ1v) is 3.80. The zero-order chi connectivity index (χ0) is 8.39. The molecule has 0 aromatic rings. The Labute approximate surface area is 71.2 Å². The van der Waals surface area contributed by atoms with E-state index in [2.05, 4.69) is 4.98 Å². The van der Waals surface area contributed by atoms with E-state index in [1.54, 1.807) is 7.11 Å². The van der Waals surface area contributed by atoms with Crippen molar-refractivity contribution in [3.05, 3.63) is 36.4 Å². The summed E-state index contributed by atoms with van der Waals surface area (Å²) in [6, 6.07) is 11.9. The highest BCUT2D eigenvalue weighted by Gasteiger charge is 2.05. The number of methoxy groups -OCH3 is 1. The van der Waals surface area contributed by atoms with Crippen molar-refractivity contribution in [3.8, 4) is 17.1 Å². The number of ether oxygens (including phenoxy) is 1. The smallest absolute Gasteiger partial charge is 0.214 e. The van der Waals surface area contributed by atoms with Gasteiger partial charge in [-0.3, -0.25) is 0 Å². The lowest BCUT2D eigenvalue weighted by Crippen LogP contribution is -1.79. The summed E-state index contributed by atoms with van der Waals surface area (Å²) in [5, 5.41) is 0. The lowest BCUT2D eigenvalue weighted by molar-refractivity contribution is 0.401. The van der Waals surface area contributed by atoms with Crippen LogP contribution in [-0.2, 0) is 0 Å². The molecule has 0 bridgehead atoms. The summed E-state index contributed by atoms with van der Waals surface area (Å²) in [6.07, 6.45) is 0. The second kappa shape index (κ2) is 2.81. The molecule has 0 saturated carbocycles. The average Bonchev–Trinajstić information content (AvgIpc) is 2.37. The fraction of sp³-hybridized carbons (Fsp3) is 0.100. The first-order valence-electron chi connectivity index (χ1n) is 3.80. The Bertz CT molecular complexity index is 328. The monoisotopic (exact) mass is 159 g/mol. The van der Waals surface area contributed by atoms with E-state index in [4.69, 9.17) is 4.74 Å². The number of fused-ring (bicyclic) bond motifs is 1. The molecule has 0 saturated heterocycles. The van der Waals surface area contributed by atoms with E-state index >= 15 is 0 Å². The summed E-state index contributed by atoms with van der Waals surface area (Å²) in [5.41, 5.74) is 2.08. The molecular formula is C10H9NO. The van der Waals surface area contributed by atoms with Crippen LogP contribution in [0, 0.1) is 0 Å². The molecule has 0 atom stereocenters. The Morgan fingerprint density at radius 1 is 1.17 bits per heavy atom. The number of aromatic nitrogens is 1. The van der Waals surface area contributed by atoms with E-state index in [1.807, 2.05) is 36.4 Å². The van der Waals surface area contributed by atoms with Gasteiger partial charge in [-0.1, -0.05) is 24.3 Å². The van der Waals surface area contributed by atoms with Crippen LogP contribution >= 0.6 is 0 Å². The molecule has 0 amide bonds. The number of rotatable bonds is 1. The van der Waals surface area contributed by atoms with Crippen LogP contribution in [0.2, 0.25) is 0 Å². The van der Waals surface area contributed by atoms with E-state index in [0.29, 0.717) is 5.88 Å². The highest BCUT2D eigenvalue weighted by molar-refractivity contribution is 5.63. The number of hydrogen-bond donors (Lipinski definition) is 0. The van der Waals surface area contributed by atoms with Crippen molar-refractivity contribution in [2.24, 2.45) is 0 Å². The Morgan fingerprint density at radius 2 is 2.00 bits per heavy atom. The third kappa shape index (κ3) is 1.11. The van der Waals surface area contributed by atoms with Gasteiger partial charge in [0.05, 0.1) is 12.8 Å². The highest BCUT2D eigenvalue weighted by Crippen LogP contribution is 2.24. The van der Waals surface area contributed by atoms with Crippen LogP contribution in [-0.4, -0.2) is 12.1 Å². The third-order valence-electron chi connectivity index (χ3n) is 1.77. The van der Waals surface area contributed by atoms with Gasteiger partial charge in [0.2, 0.25) is 5.88 Å². The minimum Gasteiger partial charge on any atom is -0.481 e. The minimum atomic E-state index is 0.677. The van der Waals surface area contributed by atoms with Gasteiger partial charge < -0.3 is 4.74 Å². The predicted molar refractivity (Wildman–Crippen MR) is 47.4 cm³/mol. The van der Waals surface area contributed by atoms with Crippen molar-refractivity contribution in [1.29, 1.82) is 0 Å². The quantitative estimate of drug-likeness (QED) is 0.636. The molecule has 0 spiro atoms. The molecular weight excluding hydrogens is 150 g/mol. The maximum Gasteiger partial charge on any atom is 0.214 e. The standard InChI is InChI=1S/C10H9NO/c1-12-10-7-8-5-3-2-4-6-9(8)11-10/h2-7H,1H3. The molecule has 0 unspecified atom stereocenters. The molecule has 0 aromatic carbocycles. The Kier molecular flexibility index (Phi) is 1.67. The first kappa shape index (κ1) is 7.10. The molecule has 0 N–H and O–H groups in total. The molecule has 2 aliphatic rings. The van der Waals surface area contributed by atoms with Gasteiger partial charge in [-0.15, -0.1) is 0 Å². The normalized spacial score (nSPS) is 10.1. The molecule has 2 rings (SSSR count). The molecule has 1 aliphatic heterocycles. The second-order valence-corrected chi connectivity index (χ2v) is 2.55. The third-order valence-corrected chi connectivity index (χ3v) is 1.77. The summed E-state index contributed by atoms with van der Waals surface area (Å²) < 4.78 is 5.02. The van der Waals surface area contributed by atoms with Gasteiger partial charge >= 0.3 is 0 Å². The van der Waals surface area contributed by atoms with Gasteiger partial charge in [0.25, 0.3) is 0 Å². The van der Waals surface area contributed by atoms with Gasteiger partial charge in [0.1, 0.15) is 0 Å². The summed E-state index contributed by atoms with van der Waals surface area (Å²) in [7, 11) is 1.63. The zero-order valence-electron chi connectivity index (χ0n) is 6.82. The fourth-order valence-corrected chi connectivity index (χ4v) is 1.16. The lowest BCUT2D eigenvalue weighted by atomic mass is 10.2. The highest BCUT2D eigenvalue weighted by atomic mass is 16.5. The molecule has 0 fully saturated rings. The predicted octanol–water partition coefficient (Wildman–Crippen LogP) is 2.20. The van der Waals surface area contributed by atoms with Crippen LogP contribution in [0.5, 0.6) is 5.88 Å². The number of hydrogen-bond acceptors (Lipinski definition) is 2. The zero-order valence-corrected chi connectivity index (χ0v) is 6.82. The average molecular weight is 159 g/mol. The Balaban J connectivity index is 2.61. The second-order valence-electron chi connectivity index (χ2n) is 2.55. The van der Waals surface area contributed by atoms with Gasteiger partial charge in [0.15, 0.2) is 0 Å². The maximum absolute atomic E-state index is 5.02. The molecule has 2 heteroatoms. The molecule has 2 nitrogen and oxygen atoms in total. The largest absolute Gasteiger partial charge is 0.481 e. The van der Waals surface area contributed by atoms with E-state index in [1.165, 1.54) is 0 Å². The van der Waals surface area contributed by atoms with Gasteiger partial charge in [0, 0.05) is 11.6 Å². The topological polar surface area (TPSA) is 22.1 Å². The Hall–Kier alpha value is -1.57. The number of nitrogens with zero attached hydrogens (tertiary/aromatic N) is 1. The fourth-order valence-electron chi connectivity index (χ4n) is 1.16. The molecule has 60 valence electrons. The van der Waals surface area contributed by atoms with Crippen LogP contribution in [0.25, 0.3) is 11.3 Å².